The third kappa shape index (κ3) is 3.23. The van der Waals surface area contributed by atoms with Crippen LogP contribution in [-0.2, 0) is 4.79 Å². The van der Waals surface area contributed by atoms with Crippen LogP contribution >= 0.6 is 0 Å². The number of urea groups is 1. The third-order valence-corrected chi connectivity index (χ3v) is 4.55. The third-order valence-electron chi connectivity index (χ3n) is 4.55. The first-order valence-corrected chi connectivity index (χ1v) is 7.64. The van der Waals surface area contributed by atoms with Crippen LogP contribution in [0.15, 0.2) is 0 Å². The number of piperidine rings is 1. The molecule has 0 bridgehead atoms. The van der Waals surface area contributed by atoms with E-state index in [0.717, 1.165) is 25.7 Å². The van der Waals surface area contributed by atoms with Gasteiger partial charge in [-0.15, -0.1) is 0 Å². The molecule has 1 aliphatic heterocycles. The first-order chi connectivity index (χ1) is 9.65. The SMILES string of the molecule is NCCCNC(=O)N1C(C(=O)O)CCC2CCCCC21. The highest BCUT2D eigenvalue weighted by Gasteiger charge is 2.43. The number of carboxylic acid groups (broad SMARTS) is 1. The minimum absolute atomic E-state index is 0.0940. The van der Waals surface area contributed by atoms with Gasteiger partial charge in [0.2, 0.25) is 0 Å². The zero-order valence-corrected chi connectivity index (χ0v) is 11.9. The van der Waals surface area contributed by atoms with Crippen molar-refractivity contribution in [3.8, 4) is 0 Å². The lowest BCUT2D eigenvalue weighted by atomic mass is 9.76. The van der Waals surface area contributed by atoms with E-state index >= 15 is 0 Å². The molecular weight excluding hydrogens is 258 g/mol. The van der Waals surface area contributed by atoms with Gasteiger partial charge in [0.25, 0.3) is 0 Å². The number of carbonyl (C=O) groups is 2. The number of aliphatic carboxylic acids is 1. The summed E-state index contributed by atoms with van der Waals surface area (Å²) in [5, 5.41) is 12.2. The van der Waals surface area contributed by atoms with E-state index < -0.39 is 12.0 Å². The van der Waals surface area contributed by atoms with Crippen molar-refractivity contribution in [3.63, 3.8) is 0 Å². The Morgan fingerprint density at radius 1 is 1.20 bits per heavy atom. The fourth-order valence-corrected chi connectivity index (χ4v) is 3.56. The number of nitrogens with two attached hydrogens (primary N) is 1. The van der Waals surface area contributed by atoms with Crippen LogP contribution in [0, 0.1) is 5.92 Å². The predicted octanol–water partition coefficient (Wildman–Crippen LogP) is 1.15. The monoisotopic (exact) mass is 283 g/mol. The number of amides is 2. The molecule has 6 nitrogen and oxygen atoms in total. The van der Waals surface area contributed by atoms with E-state index in [4.69, 9.17) is 5.73 Å². The number of nitrogens with zero attached hydrogens (tertiary/aromatic N) is 1. The molecule has 1 heterocycles. The van der Waals surface area contributed by atoms with E-state index in [1.165, 1.54) is 6.42 Å². The topological polar surface area (TPSA) is 95.7 Å². The van der Waals surface area contributed by atoms with Crippen molar-refractivity contribution < 1.29 is 14.7 Å². The zero-order valence-electron chi connectivity index (χ0n) is 11.9. The highest BCUT2D eigenvalue weighted by atomic mass is 16.4. The first kappa shape index (κ1) is 15.1. The summed E-state index contributed by atoms with van der Waals surface area (Å²) in [4.78, 5) is 25.4. The average molecular weight is 283 g/mol. The summed E-state index contributed by atoms with van der Waals surface area (Å²) < 4.78 is 0. The maximum absolute atomic E-state index is 12.4. The molecule has 20 heavy (non-hydrogen) atoms. The van der Waals surface area contributed by atoms with Gasteiger partial charge in [0, 0.05) is 12.6 Å². The summed E-state index contributed by atoms with van der Waals surface area (Å²) in [5.41, 5.74) is 5.42. The fraction of sp³-hybridized carbons (Fsp3) is 0.857. The molecule has 0 aromatic heterocycles. The normalized spacial score (nSPS) is 29.6. The van der Waals surface area contributed by atoms with Crippen LogP contribution in [0.25, 0.3) is 0 Å². The Morgan fingerprint density at radius 3 is 2.65 bits per heavy atom. The van der Waals surface area contributed by atoms with Gasteiger partial charge < -0.3 is 21.1 Å². The van der Waals surface area contributed by atoms with Gasteiger partial charge in [-0.2, -0.15) is 0 Å². The summed E-state index contributed by atoms with van der Waals surface area (Å²) in [7, 11) is 0. The number of hydrogen-bond acceptors (Lipinski definition) is 3. The molecule has 2 rings (SSSR count). The summed E-state index contributed by atoms with van der Waals surface area (Å²) in [6.07, 6.45) is 6.53. The number of fused-ring (bicyclic) bond motifs is 1. The molecule has 0 aromatic rings. The van der Waals surface area contributed by atoms with E-state index in [2.05, 4.69) is 5.32 Å². The van der Waals surface area contributed by atoms with Crippen molar-refractivity contribution in [3.05, 3.63) is 0 Å². The molecule has 2 aliphatic rings. The smallest absolute Gasteiger partial charge is 0.326 e. The minimum Gasteiger partial charge on any atom is -0.480 e. The highest BCUT2D eigenvalue weighted by molar-refractivity contribution is 5.83. The molecule has 114 valence electrons. The van der Waals surface area contributed by atoms with Crippen LogP contribution < -0.4 is 11.1 Å². The van der Waals surface area contributed by atoms with Gasteiger partial charge in [0.15, 0.2) is 0 Å². The number of likely N-dealkylation sites (tertiary alicyclic amines) is 1. The number of nitrogens with one attached hydrogen (secondary N) is 1. The summed E-state index contributed by atoms with van der Waals surface area (Å²) in [5.74, 6) is -0.414. The molecule has 1 aliphatic carbocycles. The van der Waals surface area contributed by atoms with Gasteiger partial charge in [-0.05, 0) is 44.6 Å². The maximum atomic E-state index is 12.4. The summed E-state index contributed by atoms with van der Waals surface area (Å²) >= 11 is 0. The zero-order chi connectivity index (χ0) is 14.5. The number of rotatable bonds is 4. The van der Waals surface area contributed by atoms with Crippen LogP contribution in [0.5, 0.6) is 0 Å². The Balaban J connectivity index is 2.08. The van der Waals surface area contributed by atoms with Gasteiger partial charge in [0.05, 0.1) is 0 Å². The second-order valence-corrected chi connectivity index (χ2v) is 5.82. The lowest BCUT2D eigenvalue weighted by Gasteiger charge is -2.46. The molecule has 6 heteroatoms. The maximum Gasteiger partial charge on any atom is 0.326 e. The number of hydrogen-bond donors (Lipinski definition) is 3. The van der Waals surface area contributed by atoms with Gasteiger partial charge in [0.1, 0.15) is 6.04 Å². The Labute approximate surface area is 119 Å². The Kier molecular flexibility index (Phi) is 5.23. The Morgan fingerprint density at radius 2 is 1.95 bits per heavy atom. The molecule has 4 N–H and O–H groups in total. The van der Waals surface area contributed by atoms with Gasteiger partial charge in [-0.3, -0.25) is 0 Å². The van der Waals surface area contributed by atoms with Crippen molar-refractivity contribution in [1.82, 2.24) is 10.2 Å². The van der Waals surface area contributed by atoms with Crippen LogP contribution in [0.3, 0.4) is 0 Å². The van der Waals surface area contributed by atoms with Gasteiger partial charge >= 0.3 is 12.0 Å². The number of carboxylic acids is 1. The average Bonchev–Trinajstić information content (AvgIpc) is 2.46. The fourth-order valence-electron chi connectivity index (χ4n) is 3.56. The molecule has 1 saturated heterocycles. The van der Waals surface area contributed by atoms with Crippen molar-refractivity contribution in [1.29, 1.82) is 0 Å². The molecule has 3 atom stereocenters. The standard InChI is InChI=1S/C14H25N3O3/c15-8-3-9-16-14(20)17-11-5-2-1-4-10(11)6-7-12(17)13(18)19/h10-12H,1-9,15H2,(H,16,20)(H,18,19). The van der Waals surface area contributed by atoms with Crippen molar-refractivity contribution >= 4 is 12.0 Å². The lowest BCUT2D eigenvalue weighted by molar-refractivity contribution is -0.145. The Hall–Kier alpha value is -1.30. The van der Waals surface area contributed by atoms with Crippen molar-refractivity contribution in [2.24, 2.45) is 11.7 Å². The van der Waals surface area contributed by atoms with Crippen LogP contribution in [0.2, 0.25) is 0 Å². The van der Waals surface area contributed by atoms with E-state index in [9.17, 15) is 14.7 Å². The van der Waals surface area contributed by atoms with Gasteiger partial charge in [-0.1, -0.05) is 12.8 Å². The van der Waals surface area contributed by atoms with E-state index in [1.54, 1.807) is 4.90 Å². The van der Waals surface area contributed by atoms with Crippen molar-refractivity contribution in [2.75, 3.05) is 13.1 Å². The van der Waals surface area contributed by atoms with Crippen molar-refractivity contribution in [2.45, 2.75) is 57.0 Å². The summed E-state index contributed by atoms with van der Waals surface area (Å²) in [6.45, 7) is 1.03. The molecule has 0 aromatic carbocycles. The van der Waals surface area contributed by atoms with Crippen LogP contribution in [0.1, 0.15) is 44.9 Å². The minimum atomic E-state index is -0.886. The lowest BCUT2D eigenvalue weighted by Crippen LogP contribution is -2.60. The molecular formula is C14H25N3O3. The largest absolute Gasteiger partial charge is 0.480 e. The molecule has 1 saturated carbocycles. The molecule has 0 radical (unpaired) electrons. The van der Waals surface area contributed by atoms with Gasteiger partial charge in [-0.25, -0.2) is 9.59 Å². The first-order valence-electron chi connectivity index (χ1n) is 7.64. The van der Waals surface area contributed by atoms with E-state index in [1.807, 2.05) is 0 Å². The van der Waals surface area contributed by atoms with E-state index in [0.29, 0.717) is 31.8 Å². The van der Waals surface area contributed by atoms with E-state index in [-0.39, 0.29) is 12.1 Å². The second kappa shape index (κ2) is 6.92. The number of carbonyl (C=O) groups excluding carboxylic acids is 1. The molecule has 0 spiro atoms. The quantitative estimate of drug-likeness (QED) is 0.674. The predicted molar refractivity (Wildman–Crippen MR) is 75.3 cm³/mol. The molecule has 2 amide bonds. The van der Waals surface area contributed by atoms with Crippen LogP contribution in [0.4, 0.5) is 4.79 Å². The summed E-state index contributed by atoms with van der Waals surface area (Å²) in [6, 6.07) is -0.814. The molecule has 2 fully saturated rings. The second-order valence-electron chi connectivity index (χ2n) is 5.82. The van der Waals surface area contributed by atoms with Crippen LogP contribution in [-0.4, -0.2) is 47.2 Å². The Bertz CT molecular complexity index is 362. The highest BCUT2D eigenvalue weighted by Crippen LogP contribution is 2.37. The molecule has 3 unspecified atom stereocenters.